The maximum atomic E-state index is 12.6. The van der Waals surface area contributed by atoms with Gasteiger partial charge in [0.1, 0.15) is 6.04 Å². The lowest BCUT2D eigenvalue weighted by Gasteiger charge is -2.23. The summed E-state index contributed by atoms with van der Waals surface area (Å²) in [6.07, 6.45) is 2.31. The number of carbonyl (C=O) groups excluding carboxylic acids is 2. The average Bonchev–Trinajstić information content (AvgIpc) is 3.00. The molecule has 1 aliphatic heterocycles. The van der Waals surface area contributed by atoms with E-state index < -0.39 is 6.04 Å². The highest BCUT2D eigenvalue weighted by Crippen LogP contribution is 2.25. The molecule has 2 amide bonds. The Bertz CT molecular complexity index is 563. The molecule has 0 saturated carbocycles. The monoisotopic (exact) mass is 303 g/mol. The molecule has 0 aromatic heterocycles. The standard InChI is InChI=1S/C17H25N3O2/c1-12-7-8-15(20-9-5-6-10-20)14(11-12)16(21)18-13(2)17(22)19(3)4/h7-8,11,13H,5-6,9-10H2,1-4H3,(H,18,21)/t13-/m1/s1. The molecule has 1 N–H and O–H groups in total. The molecule has 1 saturated heterocycles. The first kappa shape index (κ1) is 16.3. The molecule has 0 aliphatic carbocycles. The molecule has 1 aliphatic rings. The average molecular weight is 303 g/mol. The molecule has 1 aromatic rings. The second-order valence-electron chi connectivity index (χ2n) is 6.14. The topological polar surface area (TPSA) is 52.7 Å². The number of carbonyl (C=O) groups is 2. The number of hydrogen-bond acceptors (Lipinski definition) is 3. The molecular formula is C17H25N3O2. The molecule has 1 fully saturated rings. The van der Waals surface area contributed by atoms with Gasteiger partial charge in [-0.25, -0.2) is 0 Å². The van der Waals surface area contributed by atoms with Gasteiger partial charge in [-0.3, -0.25) is 9.59 Å². The van der Waals surface area contributed by atoms with E-state index in [9.17, 15) is 9.59 Å². The van der Waals surface area contributed by atoms with Gasteiger partial charge in [-0.1, -0.05) is 11.6 Å². The van der Waals surface area contributed by atoms with E-state index in [0.717, 1.165) is 37.2 Å². The fourth-order valence-corrected chi connectivity index (χ4v) is 2.79. The summed E-state index contributed by atoms with van der Waals surface area (Å²) in [6.45, 7) is 5.65. The van der Waals surface area contributed by atoms with E-state index >= 15 is 0 Å². The molecule has 5 nitrogen and oxygen atoms in total. The summed E-state index contributed by atoms with van der Waals surface area (Å²) in [5.74, 6) is -0.294. The molecular weight excluding hydrogens is 278 g/mol. The minimum atomic E-state index is -0.533. The van der Waals surface area contributed by atoms with Crippen LogP contribution in [0.15, 0.2) is 18.2 Å². The molecule has 0 unspecified atom stereocenters. The van der Waals surface area contributed by atoms with E-state index in [-0.39, 0.29) is 11.8 Å². The third kappa shape index (κ3) is 3.59. The van der Waals surface area contributed by atoms with Crippen LogP contribution in [0.25, 0.3) is 0 Å². The smallest absolute Gasteiger partial charge is 0.254 e. The first-order valence-corrected chi connectivity index (χ1v) is 7.78. The summed E-state index contributed by atoms with van der Waals surface area (Å²) in [5, 5.41) is 2.81. The zero-order valence-electron chi connectivity index (χ0n) is 13.8. The van der Waals surface area contributed by atoms with E-state index in [1.54, 1.807) is 21.0 Å². The van der Waals surface area contributed by atoms with Crippen molar-refractivity contribution < 1.29 is 9.59 Å². The van der Waals surface area contributed by atoms with Crippen molar-refractivity contribution in [3.05, 3.63) is 29.3 Å². The first-order valence-electron chi connectivity index (χ1n) is 7.78. The number of amides is 2. The molecule has 1 heterocycles. The summed E-state index contributed by atoms with van der Waals surface area (Å²) in [6, 6.07) is 5.40. The Morgan fingerprint density at radius 1 is 1.23 bits per heavy atom. The van der Waals surface area contributed by atoms with Gasteiger partial charge in [-0.2, -0.15) is 0 Å². The molecule has 5 heteroatoms. The van der Waals surface area contributed by atoms with Crippen LogP contribution in [-0.2, 0) is 4.79 Å². The van der Waals surface area contributed by atoms with Crippen LogP contribution in [0.3, 0.4) is 0 Å². The van der Waals surface area contributed by atoms with Gasteiger partial charge >= 0.3 is 0 Å². The number of rotatable bonds is 4. The number of benzene rings is 1. The molecule has 1 aromatic carbocycles. The number of aryl methyl sites for hydroxylation is 1. The predicted octanol–water partition coefficient (Wildman–Crippen LogP) is 1.80. The third-order valence-electron chi connectivity index (χ3n) is 4.00. The van der Waals surface area contributed by atoms with Crippen LogP contribution in [0.4, 0.5) is 5.69 Å². The fraction of sp³-hybridized carbons (Fsp3) is 0.529. The highest BCUT2D eigenvalue weighted by Gasteiger charge is 2.23. The number of anilines is 1. The lowest BCUT2D eigenvalue weighted by atomic mass is 10.1. The van der Waals surface area contributed by atoms with Crippen LogP contribution >= 0.6 is 0 Å². The second kappa shape index (κ2) is 6.81. The molecule has 0 radical (unpaired) electrons. The van der Waals surface area contributed by atoms with Crippen molar-refractivity contribution in [1.82, 2.24) is 10.2 Å². The molecule has 120 valence electrons. The SMILES string of the molecule is Cc1ccc(N2CCCC2)c(C(=O)N[C@H](C)C(=O)N(C)C)c1. The van der Waals surface area contributed by atoms with Crippen LogP contribution in [0.2, 0.25) is 0 Å². The van der Waals surface area contributed by atoms with Gasteiger partial charge < -0.3 is 15.1 Å². The third-order valence-corrected chi connectivity index (χ3v) is 4.00. The lowest BCUT2D eigenvalue weighted by Crippen LogP contribution is -2.44. The van der Waals surface area contributed by atoms with Gasteiger partial charge in [0.15, 0.2) is 0 Å². The summed E-state index contributed by atoms with van der Waals surface area (Å²) in [4.78, 5) is 28.3. The Labute approximate surface area is 132 Å². The van der Waals surface area contributed by atoms with Gasteiger partial charge in [0.05, 0.1) is 5.56 Å². The number of likely N-dealkylation sites (N-methyl/N-ethyl adjacent to an activating group) is 1. The van der Waals surface area contributed by atoms with Crippen LogP contribution in [0, 0.1) is 6.92 Å². The zero-order chi connectivity index (χ0) is 16.3. The van der Waals surface area contributed by atoms with Crippen LogP contribution in [-0.4, -0.2) is 49.9 Å². The summed E-state index contributed by atoms with van der Waals surface area (Å²) in [7, 11) is 3.38. The van der Waals surface area contributed by atoms with E-state index in [1.165, 1.54) is 4.90 Å². The summed E-state index contributed by atoms with van der Waals surface area (Å²) >= 11 is 0. The zero-order valence-corrected chi connectivity index (χ0v) is 13.8. The Balaban J connectivity index is 2.21. The Morgan fingerprint density at radius 3 is 2.45 bits per heavy atom. The minimum Gasteiger partial charge on any atom is -0.371 e. The van der Waals surface area contributed by atoms with Crippen LogP contribution < -0.4 is 10.2 Å². The van der Waals surface area contributed by atoms with E-state index in [1.807, 2.05) is 25.1 Å². The molecule has 0 bridgehead atoms. The molecule has 1 atom stereocenters. The van der Waals surface area contributed by atoms with Crippen molar-refractivity contribution >= 4 is 17.5 Å². The maximum Gasteiger partial charge on any atom is 0.254 e. The molecule has 2 rings (SSSR count). The first-order chi connectivity index (χ1) is 10.4. The fourth-order valence-electron chi connectivity index (χ4n) is 2.79. The van der Waals surface area contributed by atoms with E-state index in [4.69, 9.17) is 0 Å². The Kier molecular flexibility index (Phi) is 5.06. The van der Waals surface area contributed by atoms with E-state index in [2.05, 4.69) is 10.2 Å². The van der Waals surface area contributed by atoms with Crippen LogP contribution in [0.1, 0.15) is 35.7 Å². The largest absolute Gasteiger partial charge is 0.371 e. The summed E-state index contributed by atoms with van der Waals surface area (Å²) in [5.41, 5.74) is 2.66. The van der Waals surface area contributed by atoms with Gasteiger partial charge in [-0.05, 0) is 38.8 Å². The van der Waals surface area contributed by atoms with Crippen molar-refractivity contribution in [3.8, 4) is 0 Å². The summed E-state index contributed by atoms with van der Waals surface area (Å²) < 4.78 is 0. The molecule has 22 heavy (non-hydrogen) atoms. The van der Waals surface area contributed by atoms with Gasteiger partial charge in [0.2, 0.25) is 5.91 Å². The van der Waals surface area contributed by atoms with Gasteiger partial charge in [-0.15, -0.1) is 0 Å². The lowest BCUT2D eigenvalue weighted by molar-refractivity contribution is -0.130. The number of hydrogen-bond donors (Lipinski definition) is 1. The highest BCUT2D eigenvalue weighted by atomic mass is 16.2. The number of nitrogens with zero attached hydrogens (tertiary/aromatic N) is 2. The van der Waals surface area contributed by atoms with Crippen molar-refractivity contribution in [3.63, 3.8) is 0 Å². The Morgan fingerprint density at radius 2 is 1.86 bits per heavy atom. The quantitative estimate of drug-likeness (QED) is 0.923. The van der Waals surface area contributed by atoms with Crippen molar-refractivity contribution in [2.75, 3.05) is 32.1 Å². The van der Waals surface area contributed by atoms with E-state index in [0.29, 0.717) is 5.56 Å². The van der Waals surface area contributed by atoms with Gasteiger partial charge in [0.25, 0.3) is 5.91 Å². The normalized spacial score (nSPS) is 15.5. The highest BCUT2D eigenvalue weighted by molar-refractivity contribution is 6.02. The predicted molar refractivity (Wildman–Crippen MR) is 88.2 cm³/mol. The molecule has 0 spiro atoms. The van der Waals surface area contributed by atoms with Crippen molar-refractivity contribution in [1.29, 1.82) is 0 Å². The minimum absolute atomic E-state index is 0.108. The Hall–Kier alpha value is -2.04. The van der Waals surface area contributed by atoms with Crippen LogP contribution in [0.5, 0.6) is 0 Å². The second-order valence-corrected chi connectivity index (χ2v) is 6.14. The maximum absolute atomic E-state index is 12.6. The number of nitrogens with one attached hydrogen (secondary N) is 1. The van der Waals surface area contributed by atoms with Gasteiger partial charge in [0, 0.05) is 32.9 Å². The van der Waals surface area contributed by atoms with Crippen molar-refractivity contribution in [2.45, 2.75) is 32.7 Å². The van der Waals surface area contributed by atoms with Crippen molar-refractivity contribution in [2.24, 2.45) is 0 Å².